The van der Waals surface area contributed by atoms with Crippen LogP contribution in [0.3, 0.4) is 0 Å². The molecule has 3 nitrogen and oxygen atoms in total. The Morgan fingerprint density at radius 1 is 1.73 bits per heavy atom. The van der Waals surface area contributed by atoms with Crippen molar-refractivity contribution in [1.82, 2.24) is 9.97 Å². The molecule has 0 aliphatic rings. The standard InChI is InChI=1S/C7H10ClN3/c1-4(2)5-3-6(9)11-7(8)10-5/h3-4H,1-2H3,(H2,9,10,11)/i1D3,2D3,4D. The molecule has 0 unspecified atom stereocenters. The van der Waals surface area contributed by atoms with E-state index < -0.39 is 30.6 Å². The summed E-state index contributed by atoms with van der Waals surface area (Å²) >= 11 is 5.50. The summed E-state index contributed by atoms with van der Waals surface area (Å²) in [6.07, 6.45) is 0. The van der Waals surface area contributed by atoms with Crippen LogP contribution in [0.15, 0.2) is 6.07 Å². The van der Waals surface area contributed by atoms with Crippen molar-refractivity contribution in [2.45, 2.75) is 19.6 Å². The first-order valence-corrected chi connectivity index (χ1v) is 3.08. The zero-order chi connectivity index (χ0) is 14.4. The van der Waals surface area contributed by atoms with E-state index in [9.17, 15) is 0 Å². The van der Waals surface area contributed by atoms with Crippen LogP contribution >= 0.6 is 11.6 Å². The van der Waals surface area contributed by atoms with E-state index in [0.29, 0.717) is 0 Å². The van der Waals surface area contributed by atoms with Crippen molar-refractivity contribution in [3.63, 3.8) is 0 Å². The normalized spacial score (nSPS) is 23.2. The van der Waals surface area contributed by atoms with Crippen molar-refractivity contribution >= 4 is 17.4 Å². The number of hydrogen-bond acceptors (Lipinski definition) is 3. The first-order valence-electron chi connectivity index (χ1n) is 6.20. The summed E-state index contributed by atoms with van der Waals surface area (Å²) in [5, 5.41) is -0.407. The quantitative estimate of drug-likeness (QED) is 0.668. The minimum atomic E-state index is -3.12. The Labute approximate surface area is 80.4 Å². The number of nitrogens with zero attached hydrogens (tertiary/aromatic N) is 2. The SMILES string of the molecule is [2H]C([2H])([2H])C([2H])(c1cc(N)nc(Cl)n1)C([2H])([2H])[2H]. The van der Waals surface area contributed by atoms with E-state index in [1.54, 1.807) is 0 Å². The predicted molar refractivity (Wildman–Crippen MR) is 45.5 cm³/mol. The van der Waals surface area contributed by atoms with Gasteiger partial charge in [0.1, 0.15) is 5.82 Å². The molecule has 0 aliphatic carbocycles. The number of nitrogens with two attached hydrogens (primary N) is 1. The molecule has 0 radical (unpaired) electrons. The summed E-state index contributed by atoms with van der Waals surface area (Å²) in [5.41, 5.74) is 4.80. The van der Waals surface area contributed by atoms with Gasteiger partial charge in [0.25, 0.3) is 0 Å². The van der Waals surface area contributed by atoms with Gasteiger partial charge in [-0.25, -0.2) is 9.97 Å². The molecule has 2 N–H and O–H groups in total. The molecule has 0 aliphatic heterocycles. The van der Waals surface area contributed by atoms with Crippen molar-refractivity contribution < 1.29 is 9.60 Å². The van der Waals surface area contributed by atoms with E-state index in [2.05, 4.69) is 9.97 Å². The van der Waals surface area contributed by atoms with Crippen LogP contribution in [0.2, 0.25) is 5.28 Å². The second kappa shape index (κ2) is 3.05. The molecule has 4 heteroatoms. The van der Waals surface area contributed by atoms with Crippen molar-refractivity contribution in [2.24, 2.45) is 0 Å². The van der Waals surface area contributed by atoms with Gasteiger partial charge in [0.2, 0.25) is 5.28 Å². The fraction of sp³-hybridized carbons (Fsp3) is 0.429. The summed E-state index contributed by atoms with van der Waals surface area (Å²) in [7, 11) is 0. The zero-order valence-electron chi connectivity index (χ0n) is 12.4. The molecule has 1 aromatic heterocycles. The Kier molecular flexibility index (Phi) is 0.804. The largest absolute Gasteiger partial charge is 0.384 e. The lowest BCUT2D eigenvalue weighted by Crippen LogP contribution is -1.98. The summed E-state index contributed by atoms with van der Waals surface area (Å²) in [4.78, 5) is 7.00. The lowest BCUT2D eigenvalue weighted by molar-refractivity contribution is 0.816. The number of nitrogen functional groups attached to an aromatic ring is 1. The van der Waals surface area contributed by atoms with Crippen LogP contribution in [0, 0.1) is 0 Å². The van der Waals surface area contributed by atoms with Gasteiger partial charge in [-0.3, -0.25) is 0 Å². The Hall–Kier alpha value is -0.830. The van der Waals surface area contributed by atoms with E-state index in [-0.39, 0.29) is 5.82 Å². The topological polar surface area (TPSA) is 51.8 Å². The highest BCUT2D eigenvalue weighted by Gasteiger charge is 2.03. The highest BCUT2D eigenvalue weighted by Crippen LogP contribution is 2.15. The van der Waals surface area contributed by atoms with Crippen LogP contribution in [-0.4, -0.2) is 9.97 Å². The van der Waals surface area contributed by atoms with E-state index in [0.717, 1.165) is 6.07 Å². The van der Waals surface area contributed by atoms with Crippen LogP contribution in [0.5, 0.6) is 0 Å². The van der Waals surface area contributed by atoms with Gasteiger partial charge >= 0.3 is 0 Å². The highest BCUT2D eigenvalue weighted by molar-refractivity contribution is 6.28. The second-order valence-electron chi connectivity index (χ2n) is 1.82. The fourth-order valence-corrected chi connectivity index (χ4v) is 0.752. The average Bonchev–Trinajstić information content (AvgIpc) is 2.11. The minimum absolute atomic E-state index is 0.199. The summed E-state index contributed by atoms with van der Waals surface area (Å²) in [6.45, 7) is -6.25. The molecule has 0 aromatic carbocycles. The van der Waals surface area contributed by atoms with Crippen molar-refractivity contribution in [2.75, 3.05) is 5.73 Å². The third-order valence-electron chi connectivity index (χ3n) is 0.975. The molecular formula is C7H10ClN3. The minimum Gasteiger partial charge on any atom is -0.384 e. The number of halogens is 1. The van der Waals surface area contributed by atoms with Crippen molar-refractivity contribution in [3.05, 3.63) is 17.0 Å². The molecular weight excluding hydrogens is 162 g/mol. The van der Waals surface area contributed by atoms with Crippen LogP contribution in [-0.2, 0) is 0 Å². The van der Waals surface area contributed by atoms with E-state index in [1.165, 1.54) is 0 Å². The lowest BCUT2D eigenvalue weighted by atomic mass is 10.1. The first-order chi connectivity index (χ1) is 7.89. The molecule has 60 valence electrons. The number of anilines is 1. The predicted octanol–water partition coefficient (Wildman–Crippen LogP) is 1.84. The molecule has 11 heavy (non-hydrogen) atoms. The third-order valence-corrected chi connectivity index (χ3v) is 1.14. The number of rotatable bonds is 1. The fourth-order valence-electron chi connectivity index (χ4n) is 0.564. The molecule has 0 saturated carbocycles. The smallest absolute Gasteiger partial charge is 0.224 e. The van der Waals surface area contributed by atoms with Gasteiger partial charge in [-0.05, 0) is 17.5 Å². The van der Waals surface area contributed by atoms with Gasteiger partial charge in [-0.1, -0.05) is 13.7 Å². The van der Waals surface area contributed by atoms with Crippen LogP contribution in [0.1, 0.15) is 34.9 Å². The monoisotopic (exact) mass is 178 g/mol. The van der Waals surface area contributed by atoms with E-state index in [4.69, 9.17) is 26.9 Å². The highest BCUT2D eigenvalue weighted by atomic mass is 35.5. The average molecular weight is 179 g/mol. The lowest BCUT2D eigenvalue weighted by Gasteiger charge is -2.04. The summed E-state index contributed by atoms with van der Waals surface area (Å²) < 4.78 is 51.4. The molecule has 0 spiro atoms. The summed E-state index contributed by atoms with van der Waals surface area (Å²) in [6, 6.07) is 0.928. The molecule has 0 amide bonds. The van der Waals surface area contributed by atoms with Gasteiger partial charge in [0.15, 0.2) is 0 Å². The van der Waals surface area contributed by atoms with Crippen LogP contribution < -0.4 is 5.73 Å². The van der Waals surface area contributed by atoms with Gasteiger partial charge in [0.05, 0.1) is 0 Å². The Morgan fingerprint density at radius 2 is 2.45 bits per heavy atom. The Bertz CT molecular complexity index is 421. The van der Waals surface area contributed by atoms with Crippen LogP contribution in [0.4, 0.5) is 5.82 Å². The Balaban J connectivity index is 3.55. The van der Waals surface area contributed by atoms with Gasteiger partial charge < -0.3 is 5.73 Å². The van der Waals surface area contributed by atoms with Gasteiger partial charge in [-0.2, -0.15) is 0 Å². The number of hydrogen-bond donors (Lipinski definition) is 1. The van der Waals surface area contributed by atoms with Gasteiger partial charge in [-0.15, -0.1) is 0 Å². The van der Waals surface area contributed by atoms with E-state index in [1.807, 2.05) is 0 Å². The zero-order valence-corrected chi connectivity index (χ0v) is 6.18. The molecule has 1 heterocycles. The maximum absolute atomic E-state index is 7.83. The van der Waals surface area contributed by atoms with Crippen molar-refractivity contribution in [1.29, 1.82) is 0 Å². The molecule has 1 aromatic rings. The van der Waals surface area contributed by atoms with Crippen LogP contribution in [0.25, 0.3) is 0 Å². The van der Waals surface area contributed by atoms with Crippen molar-refractivity contribution in [3.8, 4) is 0 Å². The maximum Gasteiger partial charge on any atom is 0.224 e. The van der Waals surface area contributed by atoms with E-state index >= 15 is 0 Å². The first kappa shape index (κ1) is 2.90. The Morgan fingerprint density at radius 3 is 3.00 bits per heavy atom. The molecule has 0 atom stereocenters. The third kappa shape index (κ3) is 2.05. The summed E-state index contributed by atoms with van der Waals surface area (Å²) in [5.74, 6) is -3.11. The molecule has 0 saturated heterocycles. The van der Waals surface area contributed by atoms with Gasteiger partial charge in [0, 0.05) is 21.4 Å². The second-order valence-corrected chi connectivity index (χ2v) is 2.16. The maximum atomic E-state index is 7.83. The number of aromatic nitrogens is 2. The molecule has 0 bridgehead atoms. The molecule has 0 fully saturated rings. The molecule has 1 rings (SSSR count).